The fourth-order valence-electron chi connectivity index (χ4n) is 3.29. The van der Waals surface area contributed by atoms with E-state index in [0.717, 1.165) is 33.4 Å². The second-order valence-electron chi connectivity index (χ2n) is 6.36. The second-order valence-corrected chi connectivity index (χ2v) is 6.36. The van der Waals surface area contributed by atoms with Crippen LogP contribution in [-0.2, 0) is 0 Å². The van der Waals surface area contributed by atoms with Gasteiger partial charge in [-0.05, 0) is 53.9 Å². The Labute approximate surface area is 152 Å². The minimum Gasteiger partial charge on any atom is -0.388 e. The summed E-state index contributed by atoms with van der Waals surface area (Å²) in [7, 11) is 1.89. The molecule has 0 amide bonds. The Balaban J connectivity index is 1.90. The highest BCUT2D eigenvalue weighted by molar-refractivity contribution is 5.96. The molecule has 0 atom stereocenters. The fourth-order valence-corrected chi connectivity index (χ4v) is 3.29. The number of nitrogens with one attached hydrogen (secondary N) is 1. The van der Waals surface area contributed by atoms with Crippen molar-refractivity contribution < 1.29 is 4.39 Å². The Morgan fingerprint density at radius 3 is 2.46 bits per heavy atom. The van der Waals surface area contributed by atoms with Gasteiger partial charge in [-0.25, -0.2) is 9.37 Å². The number of aromatic nitrogens is 1. The average Bonchev–Trinajstić information content (AvgIpc) is 2.67. The number of benzene rings is 3. The molecule has 0 aliphatic carbocycles. The summed E-state index contributed by atoms with van der Waals surface area (Å²) in [6.07, 6.45) is 0. The van der Waals surface area contributed by atoms with Crippen molar-refractivity contribution in [2.45, 2.75) is 6.92 Å². The van der Waals surface area contributed by atoms with Gasteiger partial charge >= 0.3 is 0 Å². The van der Waals surface area contributed by atoms with Crippen LogP contribution in [0.3, 0.4) is 0 Å². The standard InChI is InChI=1S/C23H19FN2/c1-15-6-3-4-9-19(15)16-10-11-21-20(13-16)23(25-2)14-22(26-21)17-7-5-8-18(24)12-17/h3-14H,1-2H3,(H,25,26). The maximum Gasteiger partial charge on any atom is 0.123 e. The zero-order valence-corrected chi connectivity index (χ0v) is 14.8. The van der Waals surface area contributed by atoms with Crippen molar-refractivity contribution in [3.63, 3.8) is 0 Å². The first kappa shape index (κ1) is 16.3. The van der Waals surface area contributed by atoms with E-state index in [2.05, 4.69) is 42.6 Å². The molecule has 2 nitrogen and oxygen atoms in total. The monoisotopic (exact) mass is 342 g/mol. The number of pyridine rings is 1. The van der Waals surface area contributed by atoms with Crippen LogP contribution in [0.4, 0.5) is 10.1 Å². The zero-order valence-electron chi connectivity index (χ0n) is 14.8. The first-order valence-corrected chi connectivity index (χ1v) is 8.60. The molecule has 0 saturated heterocycles. The number of rotatable bonds is 3. The molecule has 1 N–H and O–H groups in total. The number of hydrogen-bond donors (Lipinski definition) is 1. The molecule has 1 aromatic heterocycles. The van der Waals surface area contributed by atoms with Crippen molar-refractivity contribution in [2.75, 3.05) is 12.4 Å². The molecule has 26 heavy (non-hydrogen) atoms. The molecule has 0 aliphatic heterocycles. The second kappa shape index (κ2) is 6.60. The lowest BCUT2D eigenvalue weighted by Gasteiger charge is -2.12. The fraction of sp³-hybridized carbons (Fsp3) is 0.0870. The maximum atomic E-state index is 13.6. The van der Waals surface area contributed by atoms with Gasteiger partial charge in [0.2, 0.25) is 0 Å². The molecule has 4 rings (SSSR count). The minimum absolute atomic E-state index is 0.259. The van der Waals surface area contributed by atoms with E-state index in [1.807, 2.05) is 31.3 Å². The van der Waals surface area contributed by atoms with Crippen molar-refractivity contribution in [3.8, 4) is 22.4 Å². The van der Waals surface area contributed by atoms with Crippen LogP contribution < -0.4 is 5.32 Å². The summed E-state index contributed by atoms with van der Waals surface area (Å²) in [5.74, 6) is -0.259. The number of nitrogens with zero attached hydrogens (tertiary/aromatic N) is 1. The maximum absolute atomic E-state index is 13.6. The summed E-state index contributed by atoms with van der Waals surface area (Å²) >= 11 is 0. The van der Waals surface area contributed by atoms with E-state index in [1.54, 1.807) is 6.07 Å². The molecular weight excluding hydrogens is 323 g/mol. The molecule has 0 radical (unpaired) electrons. The summed E-state index contributed by atoms with van der Waals surface area (Å²) in [4.78, 5) is 4.75. The third kappa shape index (κ3) is 2.93. The zero-order chi connectivity index (χ0) is 18.1. The van der Waals surface area contributed by atoms with Crippen LogP contribution in [0.5, 0.6) is 0 Å². The van der Waals surface area contributed by atoms with Gasteiger partial charge in [-0.15, -0.1) is 0 Å². The SMILES string of the molecule is CNc1cc(-c2cccc(F)c2)nc2ccc(-c3ccccc3C)cc12. The topological polar surface area (TPSA) is 24.9 Å². The number of hydrogen-bond acceptors (Lipinski definition) is 2. The van der Waals surface area contributed by atoms with Crippen molar-refractivity contribution in [1.29, 1.82) is 0 Å². The van der Waals surface area contributed by atoms with Crippen LogP contribution in [-0.4, -0.2) is 12.0 Å². The highest BCUT2D eigenvalue weighted by Crippen LogP contribution is 2.32. The Hall–Kier alpha value is -3.20. The first-order chi connectivity index (χ1) is 12.7. The molecular formula is C23H19FN2. The molecule has 4 aromatic rings. The lowest BCUT2D eigenvalue weighted by atomic mass is 9.98. The molecule has 128 valence electrons. The Morgan fingerprint density at radius 2 is 1.69 bits per heavy atom. The third-order valence-corrected chi connectivity index (χ3v) is 4.65. The third-order valence-electron chi connectivity index (χ3n) is 4.65. The average molecular weight is 342 g/mol. The summed E-state index contributed by atoms with van der Waals surface area (Å²) in [5.41, 5.74) is 7.00. The van der Waals surface area contributed by atoms with Crippen LogP contribution in [0.2, 0.25) is 0 Å². The largest absolute Gasteiger partial charge is 0.388 e. The molecule has 3 heteroatoms. The molecule has 0 unspecified atom stereocenters. The number of halogens is 1. The molecule has 0 spiro atoms. The van der Waals surface area contributed by atoms with Gasteiger partial charge in [0.1, 0.15) is 5.82 Å². The highest BCUT2D eigenvalue weighted by atomic mass is 19.1. The number of aryl methyl sites for hydroxylation is 1. The summed E-state index contributed by atoms with van der Waals surface area (Å²) in [6, 6.07) is 23.1. The van der Waals surface area contributed by atoms with E-state index >= 15 is 0 Å². The van der Waals surface area contributed by atoms with Gasteiger partial charge in [0.15, 0.2) is 0 Å². The van der Waals surface area contributed by atoms with Crippen molar-refractivity contribution in [3.05, 3.63) is 84.2 Å². The quantitative estimate of drug-likeness (QED) is 0.489. The van der Waals surface area contributed by atoms with Crippen molar-refractivity contribution in [2.24, 2.45) is 0 Å². The van der Waals surface area contributed by atoms with Gasteiger partial charge in [0.05, 0.1) is 11.2 Å². The van der Waals surface area contributed by atoms with Gasteiger partial charge in [0.25, 0.3) is 0 Å². The van der Waals surface area contributed by atoms with E-state index in [-0.39, 0.29) is 5.82 Å². The van der Waals surface area contributed by atoms with Crippen LogP contribution in [0, 0.1) is 12.7 Å². The van der Waals surface area contributed by atoms with Crippen LogP contribution in [0.25, 0.3) is 33.3 Å². The molecule has 0 aliphatic rings. The lowest BCUT2D eigenvalue weighted by molar-refractivity contribution is 0.628. The first-order valence-electron chi connectivity index (χ1n) is 8.60. The van der Waals surface area contributed by atoms with Gasteiger partial charge in [0, 0.05) is 23.7 Å². The molecule has 0 bridgehead atoms. The van der Waals surface area contributed by atoms with Crippen LogP contribution in [0.1, 0.15) is 5.56 Å². The summed E-state index contributed by atoms with van der Waals surface area (Å²) in [6.45, 7) is 2.11. The minimum atomic E-state index is -0.259. The van der Waals surface area contributed by atoms with Crippen molar-refractivity contribution in [1.82, 2.24) is 4.98 Å². The van der Waals surface area contributed by atoms with Gasteiger partial charge < -0.3 is 5.32 Å². The van der Waals surface area contributed by atoms with E-state index in [1.165, 1.54) is 23.3 Å². The molecule has 3 aromatic carbocycles. The van der Waals surface area contributed by atoms with Crippen LogP contribution >= 0.6 is 0 Å². The molecule has 0 saturated carbocycles. The summed E-state index contributed by atoms with van der Waals surface area (Å²) in [5, 5.41) is 4.30. The van der Waals surface area contributed by atoms with Gasteiger partial charge in [-0.1, -0.05) is 42.5 Å². The smallest absolute Gasteiger partial charge is 0.123 e. The van der Waals surface area contributed by atoms with Crippen LogP contribution in [0.15, 0.2) is 72.8 Å². The van der Waals surface area contributed by atoms with E-state index in [9.17, 15) is 4.39 Å². The van der Waals surface area contributed by atoms with E-state index in [4.69, 9.17) is 4.98 Å². The Morgan fingerprint density at radius 1 is 0.846 bits per heavy atom. The normalized spacial score (nSPS) is 10.9. The highest BCUT2D eigenvalue weighted by Gasteiger charge is 2.10. The Bertz CT molecular complexity index is 1100. The van der Waals surface area contributed by atoms with E-state index in [0.29, 0.717) is 0 Å². The molecule has 0 fully saturated rings. The lowest BCUT2D eigenvalue weighted by Crippen LogP contribution is -1.95. The number of anilines is 1. The predicted molar refractivity (Wildman–Crippen MR) is 107 cm³/mol. The predicted octanol–water partition coefficient (Wildman–Crippen LogP) is 6.06. The van der Waals surface area contributed by atoms with Gasteiger partial charge in [-0.2, -0.15) is 0 Å². The number of fused-ring (bicyclic) bond motifs is 1. The van der Waals surface area contributed by atoms with Gasteiger partial charge in [-0.3, -0.25) is 0 Å². The Kier molecular flexibility index (Phi) is 4.13. The molecule has 1 heterocycles. The van der Waals surface area contributed by atoms with Crippen molar-refractivity contribution >= 4 is 16.6 Å². The summed E-state index contributed by atoms with van der Waals surface area (Å²) < 4.78 is 13.6. The van der Waals surface area contributed by atoms with E-state index < -0.39 is 0 Å².